The fourth-order valence-electron chi connectivity index (χ4n) is 2.15. The summed E-state index contributed by atoms with van der Waals surface area (Å²) in [5.41, 5.74) is 2.69. The molecule has 1 aromatic heterocycles. The first-order valence-electron chi connectivity index (χ1n) is 7.24. The minimum Gasteiger partial charge on any atom is -0.324 e. The van der Waals surface area contributed by atoms with Crippen molar-refractivity contribution in [3.8, 4) is 17.2 Å². The summed E-state index contributed by atoms with van der Waals surface area (Å²) in [5.74, 6) is -0.624. The van der Waals surface area contributed by atoms with Gasteiger partial charge in [-0.15, -0.1) is 0 Å². The van der Waals surface area contributed by atoms with Crippen molar-refractivity contribution in [2.24, 2.45) is 5.92 Å². The monoisotopic (exact) mass is 307 g/mol. The van der Waals surface area contributed by atoms with Crippen LogP contribution in [0.1, 0.15) is 36.8 Å². The van der Waals surface area contributed by atoms with E-state index in [-0.39, 0.29) is 23.3 Å². The van der Waals surface area contributed by atoms with Crippen LogP contribution in [0.25, 0.3) is 11.1 Å². The molecule has 2 rings (SSSR count). The van der Waals surface area contributed by atoms with E-state index in [1.807, 2.05) is 6.07 Å². The Hall–Kier alpha value is -3.00. The van der Waals surface area contributed by atoms with Gasteiger partial charge in [-0.2, -0.15) is 5.26 Å². The fraction of sp³-hybridized carbons (Fsp3) is 0.222. The highest BCUT2D eigenvalue weighted by atomic mass is 16.1. The first kappa shape index (κ1) is 16.4. The largest absolute Gasteiger partial charge is 0.324 e. The summed E-state index contributed by atoms with van der Waals surface area (Å²) in [6.07, 6.45) is 1.58. The molecule has 1 heterocycles. The average molecular weight is 307 g/mol. The van der Waals surface area contributed by atoms with E-state index < -0.39 is 0 Å². The number of amides is 1. The van der Waals surface area contributed by atoms with Gasteiger partial charge in [0.05, 0.1) is 17.3 Å². The summed E-state index contributed by atoms with van der Waals surface area (Å²) in [6, 6.07) is 10.9. The van der Waals surface area contributed by atoms with E-state index >= 15 is 0 Å². The molecule has 1 aromatic carbocycles. The maximum atomic E-state index is 12.2. The van der Waals surface area contributed by atoms with E-state index in [0.717, 1.165) is 11.1 Å². The number of hydrogen-bond acceptors (Lipinski definition) is 4. The molecule has 0 saturated carbocycles. The van der Waals surface area contributed by atoms with Crippen molar-refractivity contribution in [3.63, 3.8) is 0 Å². The maximum absolute atomic E-state index is 12.2. The molecule has 0 aliphatic heterocycles. The van der Waals surface area contributed by atoms with Crippen LogP contribution in [0.15, 0.2) is 36.5 Å². The van der Waals surface area contributed by atoms with Gasteiger partial charge in [-0.1, -0.05) is 26.0 Å². The van der Waals surface area contributed by atoms with E-state index in [2.05, 4.69) is 16.4 Å². The van der Waals surface area contributed by atoms with Crippen LogP contribution < -0.4 is 5.32 Å². The van der Waals surface area contributed by atoms with Gasteiger partial charge in [0.25, 0.3) is 0 Å². The summed E-state index contributed by atoms with van der Waals surface area (Å²) in [7, 11) is 0. The van der Waals surface area contributed by atoms with E-state index in [0.29, 0.717) is 11.3 Å². The summed E-state index contributed by atoms with van der Waals surface area (Å²) in [6.45, 7) is 4.95. The highest BCUT2D eigenvalue weighted by Gasteiger charge is 2.18. The molecule has 0 unspecified atom stereocenters. The van der Waals surface area contributed by atoms with Crippen molar-refractivity contribution in [2.75, 3.05) is 5.32 Å². The van der Waals surface area contributed by atoms with Gasteiger partial charge in [-0.05, 0) is 23.8 Å². The predicted molar refractivity (Wildman–Crippen MR) is 87.9 cm³/mol. The van der Waals surface area contributed by atoms with Crippen molar-refractivity contribution >= 4 is 17.4 Å². The van der Waals surface area contributed by atoms with Gasteiger partial charge in [0.15, 0.2) is 5.78 Å². The number of nitrogens with zero attached hydrogens (tertiary/aromatic N) is 2. The molecule has 5 nitrogen and oxygen atoms in total. The van der Waals surface area contributed by atoms with Crippen LogP contribution in [-0.2, 0) is 4.79 Å². The third-order valence-corrected chi connectivity index (χ3v) is 3.28. The van der Waals surface area contributed by atoms with Crippen LogP contribution in [0, 0.1) is 17.2 Å². The van der Waals surface area contributed by atoms with E-state index in [4.69, 9.17) is 5.26 Å². The van der Waals surface area contributed by atoms with Crippen LogP contribution in [-0.4, -0.2) is 16.7 Å². The quantitative estimate of drug-likeness (QED) is 0.877. The van der Waals surface area contributed by atoms with Gasteiger partial charge in [0.1, 0.15) is 5.69 Å². The SMILES string of the molecule is CC(=O)Nc1cc(-c2cccc(C#N)c2)cnc1C(=O)C(C)C. The number of Topliss-reactive ketones (excluding diaryl/α,β-unsaturated/α-hetero) is 1. The zero-order valence-electron chi connectivity index (χ0n) is 13.3. The smallest absolute Gasteiger partial charge is 0.221 e. The van der Waals surface area contributed by atoms with Gasteiger partial charge < -0.3 is 5.32 Å². The Bertz CT molecular complexity index is 804. The number of carbonyl (C=O) groups is 2. The van der Waals surface area contributed by atoms with E-state index in [9.17, 15) is 9.59 Å². The van der Waals surface area contributed by atoms with Crippen LogP contribution in [0.5, 0.6) is 0 Å². The van der Waals surface area contributed by atoms with Gasteiger partial charge in [-0.3, -0.25) is 14.6 Å². The summed E-state index contributed by atoms with van der Waals surface area (Å²) < 4.78 is 0. The third kappa shape index (κ3) is 3.80. The number of nitrogens with one attached hydrogen (secondary N) is 1. The molecule has 0 aliphatic carbocycles. The number of benzene rings is 1. The first-order valence-corrected chi connectivity index (χ1v) is 7.24. The number of hydrogen-bond donors (Lipinski definition) is 1. The molecule has 23 heavy (non-hydrogen) atoms. The minimum absolute atomic E-state index is 0.133. The average Bonchev–Trinajstić information content (AvgIpc) is 2.53. The molecular formula is C18H17N3O2. The molecule has 0 fully saturated rings. The van der Waals surface area contributed by atoms with Gasteiger partial charge >= 0.3 is 0 Å². The molecule has 1 amide bonds. The molecule has 1 N–H and O–H groups in total. The molecule has 2 aromatic rings. The van der Waals surface area contributed by atoms with Crippen LogP contribution >= 0.6 is 0 Å². The number of ketones is 1. The summed E-state index contributed by atoms with van der Waals surface area (Å²) >= 11 is 0. The van der Waals surface area contributed by atoms with Gasteiger partial charge in [-0.25, -0.2) is 0 Å². The number of aromatic nitrogens is 1. The second-order valence-electron chi connectivity index (χ2n) is 5.51. The Kier molecular flexibility index (Phi) is 4.87. The third-order valence-electron chi connectivity index (χ3n) is 3.28. The summed E-state index contributed by atoms with van der Waals surface area (Å²) in [4.78, 5) is 27.9. The van der Waals surface area contributed by atoms with Crippen LogP contribution in [0.2, 0.25) is 0 Å². The standard InChI is InChI=1S/C18H17N3O2/c1-11(2)18(23)17-16(21-12(3)22)8-15(10-20-17)14-6-4-5-13(7-14)9-19/h4-8,10-11H,1-3H3,(H,21,22). The fourth-order valence-corrected chi connectivity index (χ4v) is 2.15. The van der Waals surface area contributed by atoms with Crippen LogP contribution in [0.3, 0.4) is 0 Å². The Morgan fingerprint density at radius 1 is 1.22 bits per heavy atom. The Labute approximate surface area is 135 Å². The number of rotatable bonds is 4. The molecule has 0 saturated heterocycles. The second-order valence-corrected chi connectivity index (χ2v) is 5.51. The molecule has 0 aliphatic rings. The lowest BCUT2D eigenvalue weighted by Crippen LogP contribution is -2.16. The molecule has 0 radical (unpaired) electrons. The topological polar surface area (TPSA) is 82.8 Å². The Morgan fingerprint density at radius 2 is 1.96 bits per heavy atom. The predicted octanol–water partition coefficient (Wildman–Crippen LogP) is 3.42. The molecule has 116 valence electrons. The lowest BCUT2D eigenvalue weighted by atomic mass is 10.0. The van der Waals surface area contributed by atoms with E-state index in [1.165, 1.54) is 6.92 Å². The highest BCUT2D eigenvalue weighted by Crippen LogP contribution is 2.26. The van der Waals surface area contributed by atoms with Crippen molar-refractivity contribution < 1.29 is 9.59 Å². The van der Waals surface area contributed by atoms with Gasteiger partial charge in [0, 0.05) is 24.6 Å². The molecule has 0 spiro atoms. The van der Waals surface area contributed by atoms with E-state index in [1.54, 1.807) is 44.3 Å². The first-order chi connectivity index (χ1) is 10.9. The number of pyridine rings is 1. The highest BCUT2D eigenvalue weighted by molar-refractivity contribution is 6.04. The van der Waals surface area contributed by atoms with Crippen molar-refractivity contribution in [2.45, 2.75) is 20.8 Å². The second kappa shape index (κ2) is 6.84. The molecular weight excluding hydrogens is 290 g/mol. The Morgan fingerprint density at radius 3 is 2.57 bits per heavy atom. The zero-order chi connectivity index (χ0) is 17.0. The number of carbonyl (C=O) groups excluding carboxylic acids is 2. The lowest BCUT2D eigenvalue weighted by Gasteiger charge is -2.12. The van der Waals surface area contributed by atoms with Crippen molar-refractivity contribution in [1.82, 2.24) is 4.98 Å². The molecule has 0 atom stereocenters. The van der Waals surface area contributed by atoms with Crippen molar-refractivity contribution in [3.05, 3.63) is 47.8 Å². The Balaban J connectivity index is 2.53. The maximum Gasteiger partial charge on any atom is 0.221 e. The van der Waals surface area contributed by atoms with Crippen LogP contribution in [0.4, 0.5) is 5.69 Å². The molecule has 5 heteroatoms. The van der Waals surface area contributed by atoms with Gasteiger partial charge in [0.2, 0.25) is 5.91 Å². The number of anilines is 1. The summed E-state index contributed by atoms with van der Waals surface area (Å²) in [5, 5.41) is 11.7. The zero-order valence-corrected chi connectivity index (χ0v) is 13.3. The lowest BCUT2D eigenvalue weighted by molar-refractivity contribution is -0.114. The normalized spacial score (nSPS) is 10.2. The minimum atomic E-state index is -0.271. The number of nitriles is 1. The van der Waals surface area contributed by atoms with Crippen molar-refractivity contribution in [1.29, 1.82) is 5.26 Å². The molecule has 0 bridgehead atoms.